The highest BCUT2D eigenvalue weighted by atomic mass is 32.2. The van der Waals surface area contributed by atoms with Crippen molar-refractivity contribution in [1.82, 2.24) is 39.6 Å². The number of rotatable bonds is 12. The van der Waals surface area contributed by atoms with Crippen molar-refractivity contribution in [3.8, 4) is 5.75 Å². The van der Waals surface area contributed by atoms with Gasteiger partial charge in [-0.15, -0.1) is 11.3 Å². The highest BCUT2D eigenvalue weighted by Gasteiger charge is 2.46. The van der Waals surface area contributed by atoms with Gasteiger partial charge < -0.3 is 31.1 Å². The number of aliphatic carboxylic acids is 1. The van der Waals surface area contributed by atoms with Crippen LogP contribution in [0.25, 0.3) is 0 Å². The van der Waals surface area contributed by atoms with Crippen molar-refractivity contribution in [1.29, 1.82) is 0 Å². The van der Waals surface area contributed by atoms with Gasteiger partial charge in [-0.2, -0.15) is 13.0 Å². The Bertz CT molecular complexity index is 2200. The van der Waals surface area contributed by atoms with E-state index in [4.69, 9.17) is 10.6 Å². The van der Waals surface area contributed by atoms with Gasteiger partial charge >= 0.3 is 28.2 Å². The highest BCUT2D eigenvalue weighted by molar-refractivity contribution is 7.88. The van der Waals surface area contributed by atoms with Crippen LogP contribution >= 0.6 is 11.3 Å². The molecule has 8 N–H and O–H groups in total. The number of hydrazine groups is 1. The predicted octanol–water partition coefficient (Wildman–Crippen LogP) is -2.60. The second kappa shape index (κ2) is 14.5. The van der Waals surface area contributed by atoms with Crippen molar-refractivity contribution in [3.63, 3.8) is 0 Å². The molecule has 0 aliphatic carbocycles. The maximum Gasteiger partial charge on any atom is 0.353 e. The zero-order valence-electron chi connectivity index (χ0n) is 27.5. The molecule has 2 saturated heterocycles. The fraction of sp³-hybridized carbons (Fsp3) is 0.286. The van der Waals surface area contributed by atoms with E-state index in [-0.39, 0.29) is 39.6 Å². The number of nitrogens with one attached hydrogen (secondary N) is 4. The van der Waals surface area contributed by atoms with E-state index in [2.05, 4.69) is 25.9 Å². The number of urea groups is 2. The third-order valence-corrected chi connectivity index (χ3v) is 9.52. The van der Waals surface area contributed by atoms with Crippen LogP contribution in [0.5, 0.6) is 5.75 Å². The number of carboxylic acids is 1. The van der Waals surface area contributed by atoms with Gasteiger partial charge in [-0.05, 0) is 13.8 Å². The monoisotopic (exact) mass is 776 g/mol. The number of likely N-dealkylation sites (tertiary alicyclic amines) is 1. The molecule has 25 heteroatoms. The topological polar surface area (TPSA) is 320 Å². The summed E-state index contributed by atoms with van der Waals surface area (Å²) in [5.74, 6) is -5.18. The number of thiazole rings is 1. The quantitative estimate of drug-likeness (QED) is 0.0430. The number of hydrogen-bond donors (Lipinski definition) is 7. The molecular formula is C28H30N11O12S2+. The first-order valence-electron chi connectivity index (χ1n) is 15.1. The zero-order valence-corrected chi connectivity index (χ0v) is 29.1. The van der Waals surface area contributed by atoms with Crippen LogP contribution in [0.1, 0.15) is 35.7 Å². The fourth-order valence-electron chi connectivity index (χ4n) is 4.55. The number of aromatic nitrogens is 3. The number of anilines is 1. The van der Waals surface area contributed by atoms with E-state index < -0.39 is 87.6 Å². The Hall–Kier alpha value is -6.63. The van der Waals surface area contributed by atoms with E-state index in [0.29, 0.717) is 9.91 Å². The Morgan fingerprint density at radius 1 is 1.17 bits per heavy atom. The largest absolute Gasteiger partial charge is 0.503 e. The zero-order chi connectivity index (χ0) is 38.8. The van der Waals surface area contributed by atoms with Crippen LogP contribution in [0, 0.1) is 0 Å². The fourth-order valence-corrected chi connectivity index (χ4v) is 6.17. The van der Waals surface area contributed by atoms with Gasteiger partial charge in [0.1, 0.15) is 23.1 Å². The summed E-state index contributed by atoms with van der Waals surface area (Å²) in [6.45, 7) is 0.855. The second-order valence-corrected chi connectivity index (χ2v) is 14.2. The normalized spacial score (nSPS) is 16.2. The number of nitrogens with zero attached hydrogens (tertiary/aromatic N) is 6. The molecule has 2 aliphatic rings. The van der Waals surface area contributed by atoms with Crippen LogP contribution in [0.2, 0.25) is 0 Å². The van der Waals surface area contributed by atoms with Crippen molar-refractivity contribution in [2.45, 2.75) is 32.0 Å². The van der Waals surface area contributed by atoms with Crippen molar-refractivity contribution < 1.29 is 56.8 Å². The molecular weight excluding hydrogens is 747 g/mol. The number of aromatic hydroxyl groups is 1. The number of carbonyl (C=O) groups is 6. The van der Waals surface area contributed by atoms with Gasteiger partial charge in [0.05, 0.1) is 19.6 Å². The van der Waals surface area contributed by atoms with Crippen LogP contribution in [-0.4, -0.2) is 116 Å². The molecule has 0 spiro atoms. The second-order valence-electron chi connectivity index (χ2n) is 11.7. The lowest BCUT2D eigenvalue weighted by Crippen LogP contribution is -2.68. The molecule has 2 aliphatic heterocycles. The number of aromatic amines is 1. The van der Waals surface area contributed by atoms with E-state index in [1.165, 1.54) is 5.38 Å². The molecule has 0 radical (unpaired) electrons. The van der Waals surface area contributed by atoms with Gasteiger partial charge in [0, 0.05) is 23.6 Å². The molecule has 2 fully saturated rings. The molecule has 0 saturated carbocycles. The summed E-state index contributed by atoms with van der Waals surface area (Å²) in [7, 11) is -4.94. The number of oxime groups is 1. The van der Waals surface area contributed by atoms with Gasteiger partial charge in [-0.3, -0.25) is 29.5 Å². The summed E-state index contributed by atoms with van der Waals surface area (Å²) in [5.41, 5.74) is 4.00. The van der Waals surface area contributed by atoms with Crippen molar-refractivity contribution in [2.75, 3.05) is 25.4 Å². The minimum Gasteiger partial charge on any atom is -0.503 e. The number of imide groups is 1. The first-order chi connectivity index (χ1) is 24.9. The summed E-state index contributed by atoms with van der Waals surface area (Å²) in [6, 6.07) is 1.82. The van der Waals surface area contributed by atoms with Crippen molar-refractivity contribution in [3.05, 3.63) is 69.3 Å². The molecule has 5 heterocycles. The lowest BCUT2D eigenvalue weighted by molar-refractivity contribution is -0.688. The maximum absolute atomic E-state index is 13.0. The molecule has 23 nitrogen and oxygen atoms in total. The standard InChI is InChI=1S/C28H29N11O12S2/c1-28(2,24(45)46)51-34-19(17-13-52-25(29)32-17)22(43)31-16-12-37(23(16)44)26(47)35-53(49,50)39-9-8-38(27(39)48)33-21(42)14-10-18(40)20(41)15(30-14)11-36-6-4-3-5-7-36/h3-7,10,13,16H,8-9,11-12H2,1-2H3,(H7-,29,30,31,32,33,34,35,40,41,42,43,45,46,47)/p+1/t16-/m0/s1. The Labute approximate surface area is 301 Å². The maximum atomic E-state index is 13.0. The molecule has 3 aromatic rings. The van der Waals surface area contributed by atoms with E-state index >= 15 is 0 Å². The molecule has 1 atom stereocenters. The SMILES string of the molecule is CC(C)(ON=C(C(=O)N[C@H]1CN(C(=O)NS(=O)(=O)N2CCN(NC(=O)c3cc(=O)c(O)c(C[n+]4ccccc4)[nH]3)C2=O)C1=O)c1csc(N)n1)C(=O)O. The molecule has 5 rings (SSSR count). The summed E-state index contributed by atoms with van der Waals surface area (Å²) < 4.78 is 29.3. The van der Waals surface area contributed by atoms with Crippen LogP contribution in [0.15, 0.2) is 52.0 Å². The third-order valence-electron chi connectivity index (χ3n) is 7.50. The van der Waals surface area contributed by atoms with Crippen LogP contribution in [0.3, 0.4) is 0 Å². The average molecular weight is 777 g/mol. The number of carboxylic acid groups (broad SMARTS) is 1. The lowest BCUT2D eigenvalue weighted by atomic mass is 10.1. The minimum atomic E-state index is -4.94. The number of H-pyrrole nitrogens is 1. The molecule has 53 heavy (non-hydrogen) atoms. The van der Waals surface area contributed by atoms with E-state index in [9.17, 15) is 52.2 Å². The third kappa shape index (κ3) is 8.14. The number of nitrogens with two attached hydrogens (primary N) is 1. The van der Waals surface area contributed by atoms with Gasteiger partial charge in [-0.1, -0.05) is 11.2 Å². The Kier molecular flexibility index (Phi) is 10.3. The number of β-lactam (4-membered cyclic amide) rings is 1. The summed E-state index contributed by atoms with van der Waals surface area (Å²) >= 11 is 0.928. The number of amides is 7. The number of carbonyl (C=O) groups excluding carboxylic acids is 5. The Balaban J connectivity index is 1.18. The van der Waals surface area contributed by atoms with Crippen LogP contribution in [-0.2, 0) is 36.0 Å². The molecule has 0 unspecified atom stereocenters. The Morgan fingerprint density at radius 2 is 1.87 bits per heavy atom. The van der Waals surface area contributed by atoms with Crippen LogP contribution in [0.4, 0.5) is 14.7 Å². The lowest BCUT2D eigenvalue weighted by Gasteiger charge is -2.36. The van der Waals surface area contributed by atoms with E-state index in [1.807, 2.05) is 0 Å². The predicted molar refractivity (Wildman–Crippen MR) is 178 cm³/mol. The van der Waals surface area contributed by atoms with E-state index in [1.54, 1.807) is 39.9 Å². The number of nitrogen functional groups attached to an aromatic ring is 1. The highest BCUT2D eigenvalue weighted by Crippen LogP contribution is 2.18. The minimum absolute atomic E-state index is 0.0205. The Morgan fingerprint density at radius 3 is 2.49 bits per heavy atom. The molecule has 7 amide bonds. The van der Waals surface area contributed by atoms with Gasteiger partial charge in [-0.25, -0.2) is 33.4 Å². The molecule has 3 aromatic heterocycles. The first kappa shape index (κ1) is 37.6. The van der Waals surface area contributed by atoms with Gasteiger partial charge in [0.15, 0.2) is 35.5 Å². The van der Waals surface area contributed by atoms with Crippen LogP contribution < -0.4 is 31.2 Å². The number of pyridine rings is 2. The average Bonchev–Trinajstić information content (AvgIpc) is 3.69. The molecule has 280 valence electrons. The van der Waals surface area contributed by atoms with Crippen molar-refractivity contribution >= 4 is 68.1 Å². The van der Waals surface area contributed by atoms with E-state index in [0.717, 1.165) is 31.3 Å². The van der Waals surface area contributed by atoms with Gasteiger partial charge in [0.2, 0.25) is 11.0 Å². The first-order valence-corrected chi connectivity index (χ1v) is 17.4. The molecule has 0 aromatic carbocycles. The summed E-state index contributed by atoms with van der Waals surface area (Å²) in [4.78, 5) is 100. The van der Waals surface area contributed by atoms with Gasteiger partial charge in [0.25, 0.3) is 17.7 Å². The smallest absolute Gasteiger partial charge is 0.353 e. The number of hydrogen-bond acceptors (Lipinski definition) is 15. The summed E-state index contributed by atoms with van der Waals surface area (Å²) in [6.07, 6.45) is 3.29. The van der Waals surface area contributed by atoms with Crippen molar-refractivity contribution in [2.24, 2.45) is 5.16 Å². The summed E-state index contributed by atoms with van der Waals surface area (Å²) in [5, 5.41) is 27.3. The molecule has 0 bridgehead atoms.